The van der Waals surface area contributed by atoms with E-state index in [1.54, 1.807) is 0 Å². The lowest BCUT2D eigenvalue weighted by Gasteiger charge is -2.06. The van der Waals surface area contributed by atoms with Crippen molar-refractivity contribution in [2.75, 3.05) is 5.73 Å². The molecule has 2 aromatic rings. The van der Waals surface area contributed by atoms with Gasteiger partial charge in [-0.05, 0) is 29.0 Å². The molecule has 0 aliphatic heterocycles. The lowest BCUT2D eigenvalue weighted by molar-refractivity contribution is 0.0948. The monoisotopic (exact) mass is 366 g/mol. The lowest BCUT2D eigenvalue weighted by Crippen LogP contribution is -2.29. The maximum absolute atomic E-state index is 12.6. The van der Waals surface area contributed by atoms with Gasteiger partial charge in [0.05, 0.1) is 5.69 Å². The molecule has 1 fully saturated rings. The molecule has 1 aromatic carbocycles. The van der Waals surface area contributed by atoms with Crippen LogP contribution in [0.15, 0.2) is 22.7 Å². The number of carbonyl (C=O) groups is 1. The highest BCUT2D eigenvalue weighted by atomic mass is 79.9. The minimum absolute atomic E-state index is 0.0616. The largest absolute Gasteiger partial charge is 0.397 e. The molecule has 5 heteroatoms. The number of hydrogen-bond acceptors (Lipinski definition) is 3. The summed E-state index contributed by atoms with van der Waals surface area (Å²) in [4.78, 5) is 13.2. The Kier molecular flexibility index (Phi) is 3.16. The van der Waals surface area contributed by atoms with Crippen LogP contribution in [0.2, 0.25) is 0 Å². The number of nitrogens with two attached hydrogens (primary N) is 1. The Morgan fingerprint density at radius 1 is 1.29 bits per heavy atom. The first-order valence-electron chi connectivity index (χ1n) is 6.94. The zero-order valence-corrected chi connectivity index (χ0v) is 15.0. The van der Waals surface area contributed by atoms with Crippen molar-refractivity contribution in [3.63, 3.8) is 0 Å². The standard InChI is InChI=1S/C16H19BrN2OS/c1-15(2)14(16(15,3)4)19-13(20)12-11(18)9-7-8(17)5-6-10(9)21-12/h5-7,14H,18H2,1-4H3,(H,19,20). The highest BCUT2D eigenvalue weighted by molar-refractivity contribution is 9.10. The minimum atomic E-state index is -0.0616. The second kappa shape index (κ2) is 4.46. The second-order valence-corrected chi connectivity index (χ2v) is 8.80. The maximum atomic E-state index is 12.6. The molecule has 0 radical (unpaired) electrons. The van der Waals surface area contributed by atoms with Crippen LogP contribution in [0.3, 0.4) is 0 Å². The van der Waals surface area contributed by atoms with Crippen molar-refractivity contribution >= 4 is 48.9 Å². The van der Waals surface area contributed by atoms with Crippen molar-refractivity contribution in [1.29, 1.82) is 0 Å². The number of anilines is 1. The van der Waals surface area contributed by atoms with Gasteiger partial charge in [-0.3, -0.25) is 4.79 Å². The van der Waals surface area contributed by atoms with Crippen molar-refractivity contribution in [2.45, 2.75) is 33.7 Å². The summed E-state index contributed by atoms with van der Waals surface area (Å²) in [5.41, 5.74) is 6.99. The van der Waals surface area contributed by atoms with Crippen LogP contribution in [0.4, 0.5) is 5.69 Å². The molecule has 3 rings (SSSR count). The number of thiophene rings is 1. The molecule has 0 spiro atoms. The average Bonchev–Trinajstić information content (AvgIpc) is 2.69. The number of nitrogens with one attached hydrogen (secondary N) is 1. The van der Waals surface area contributed by atoms with Gasteiger partial charge in [0, 0.05) is 20.6 Å². The van der Waals surface area contributed by atoms with E-state index >= 15 is 0 Å². The zero-order valence-electron chi connectivity index (χ0n) is 12.6. The van der Waals surface area contributed by atoms with Gasteiger partial charge in [0.1, 0.15) is 4.88 Å². The van der Waals surface area contributed by atoms with Crippen LogP contribution in [-0.4, -0.2) is 11.9 Å². The number of fused-ring (bicyclic) bond motifs is 1. The van der Waals surface area contributed by atoms with Gasteiger partial charge in [-0.25, -0.2) is 0 Å². The zero-order chi connectivity index (χ0) is 15.6. The summed E-state index contributed by atoms with van der Waals surface area (Å²) >= 11 is 4.89. The second-order valence-electron chi connectivity index (χ2n) is 6.84. The van der Waals surface area contributed by atoms with Crippen molar-refractivity contribution < 1.29 is 4.79 Å². The van der Waals surface area contributed by atoms with E-state index in [2.05, 4.69) is 48.9 Å². The predicted molar refractivity (Wildman–Crippen MR) is 92.8 cm³/mol. The third-order valence-corrected chi connectivity index (χ3v) is 6.87. The summed E-state index contributed by atoms with van der Waals surface area (Å²) in [5, 5.41) is 4.09. The van der Waals surface area contributed by atoms with Crippen LogP contribution in [-0.2, 0) is 0 Å². The fourth-order valence-electron chi connectivity index (χ4n) is 3.01. The quantitative estimate of drug-likeness (QED) is 0.826. The lowest BCUT2D eigenvalue weighted by atomic mass is 10.0. The van der Waals surface area contributed by atoms with E-state index in [1.807, 2.05) is 18.2 Å². The fraction of sp³-hybridized carbons (Fsp3) is 0.438. The molecule has 3 N–H and O–H groups in total. The fourth-order valence-corrected chi connectivity index (χ4v) is 4.38. The van der Waals surface area contributed by atoms with E-state index in [1.165, 1.54) is 11.3 Å². The Labute approximate surface area is 137 Å². The van der Waals surface area contributed by atoms with Crippen LogP contribution >= 0.6 is 27.3 Å². The third-order valence-electron chi connectivity index (χ3n) is 5.19. The van der Waals surface area contributed by atoms with Crippen LogP contribution in [0.5, 0.6) is 0 Å². The first-order chi connectivity index (χ1) is 9.66. The van der Waals surface area contributed by atoms with E-state index in [0.717, 1.165) is 14.6 Å². The molecule has 112 valence electrons. The van der Waals surface area contributed by atoms with E-state index < -0.39 is 0 Å². The van der Waals surface area contributed by atoms with Crippen LogP contribution in [0.25, 0.3) is 10.1 Å². The van der Waals surface area contributed by atoms with Gasteiger partial charge in [-0.15, -0.1) is 11.3 Å². The summed E-state index contributed by atoms with van der Waals surface area (Å²) in [6.07, 6.45) is 0. The Balaban J connectivity index is 1.91. The van der Waals surface area contributed by atoms with Crippen molar-refractivity contribution in [2.24, 2.45) is 10.8 Å². The van der Waals surface area contributed by atoms with Crippen molar-refractivity contribution in [3.8, 4) is 0 Å². The van der Waals surface area contributed by atoms with Gasteiger partial charge in [0.15, 0.2) is 0 Å². The normalized spacial score (nSPS) is 19.7. The first kappa shape index (κ1) is 14.9. The number of halogens is 1. The van der Waals surface area contributed by atoms with E-state index in [0.29, 0.717) is 10.6 Å². The summed E-state index contributed by atoms with van der Waals surface area (Å²) in [5.74, 6) is -0.0616. The van der Waals surface area contributed by atoms with Crippen LogP contribution in [0, 0.1) is 10.8 Å². The topological polar surface area (TPSA) is 55.1 Å². The third kappa shape index (κ3) is 2.09. The molecule has 0 bridgehead atoms. The van der Waals surface area contributed by atoms with E-state index in [4.69, 9.17) is 5.73 Å². The van der Waals surface area contributed by atoms with E-state index in [-0.39, 0.29) is 22.8 Å². The molecule has 0 atom stereocenters. The number of hydrogen-bond donors (Lipinski definition) is 2. The van der Waals surface area contributed by atoms with Gasteiger partial charge in [0.2, 0.25) is 0 Å². The highest BCUT2D eigenvalue weighted by Gasteiger charge is 2.65. The number of amides is 1. The predicted octanol–water partition coefficient (Wildman–Crippen LogP) is 4.41. The molecular formula is C16H19BrN2OS. The molecular weight excluding hydrogens is 348 g/mol. The molecule has 1 saturated carbocycles. The average molecular weight is 367 g/mol. The van der Waals surface area contributed by atoms with Crippen LogP contribution in [0.1, 0.15) is 37.4 Å². The smallest absolute Gasteiger partial charge is 0.263 e. The molecule has 1 amide bonds. The van der Waals surface area contributed by atoms with Gasteiger partial charge in [-0.1, -0.05) is 43.6 Å². The van der Waals surface area contributed by atoms with Crippen LogP contribution < -0.4 is 11.1 Å². The van der Waals surface area contributed by atoms with E-state index in [9.17, 15) is 4.79 Å². The summed E-state index contributed by atoms with van der Waals surface area (Å²) in [6, 6.07) is 6.10. The summed E-state index contributed by atoms with van der Waals surface area (Å²) in [6.45, 7) is 8.74. The SMILES string of the molecule is CC1(C)C(NC(=O)c2sc3ccc(Br)cc3c2N)C1(C)C. The Bertz CT molecular complexity index is 734. The summed E-state index contributed by atoms with van der Waals surface area (Å²) in [7, 11) is 0. The molecule has 3 nitrogen and oxygen atoms in total. The number of benzene rings is 1. The molecule has 0 unspecified atom stereocenters. The Morgan fingerprint density at radius 2 is 1.90 bits per heavy atom. The Hall–Kier alpha value is -1.07. The number of rotatable bonds is 2. The number of carbonyl (C=O) groups excluding carboxylic acids is 1. The van der Waals surface area contributed by atoms with Gasteiger partial charge in [-0.2, -0.15) is 0 Å². The van der Waals surface area contributed by atoms with Crippen molar-refractivity contribution in [3.05, 3.63) is 27.5 Å². The maximum Gasteiger partial charge on any atom is 0.263 e. The van der Waals surface area contributed by atoms with Crippen molar-refractivity contribution in [1.82, 2.24) is 5.32 Å². The molecule has 1 aliphatic rings. The molecule has 1 aliphatic carbocycles. The van der Waals surface area contributed by atoms with Gasteiger partial charge in [0.25, 0.3) is 5.91 Å². The Morgan fingerprint density at radius 3 is 2.48 bits per heavy atom. The first-order valence-corrected chi connectivity index (χ1v) is 8.55. The number of nitrogen functional groups attached to an aromatic ring is 1. The molecule has 0 saturated heterocycles. The molecule has 1 aromatic heterocycles. The van der Waals surface area contributed by atoms with Gasteiger partial charge < -0.3 is 11.1 Å². The molecule has 1 heterocycles. The highest BCUT2D eigenvalue weighted by Crippen LogP contribution is 2.62. The van der Waals surface area contributed by atoms with Gasteiger partial charge >= 0.3 is 0 Å². The minimum Gasteiger partial charge on any atom is -0.397 e. The summed E-state index contributed by atoms with van der Waals surface area (Å²) < 4.78 is 2.01. The molecule has 21 heavy (non-hydrogen) atoms.